The van der Waals surface area contributed by atoms with E-state index in [4.69, 9.17) is 0 Å². The topological polar surface area (TPSA) is 54.5 Å². The lowest BCUT2D eigenvalue weighted by atomic mass is 10.00. The van der Waals surface area contributed by atoms with Crippen molar-refractivity contribution in [2.45, 2.75) is 38.5 Å². The van der Waals surface area contributed by atoms with Crippen LogP contribution in [0.25, 0.3) is 0 Å². The molecule has 2 aromatic carbocycles. The second-order valence-corrected chi connectivity index (χ2v) is 8.19. The van der Waals surface area contributed by atoms with Crippen molar-refractivity contribution in [3.63, 3.8) is 0 Å². The van der Waals surface area contributed by atoms with Crippen LogP contribution in [-0.4, -0.2) is 20.7 Å². The molecule has 1 aliphatic rings. The van der Waals surface area contributed by atoms with Crippen molar-refractivity contribution in [1.29, 1.82) is 0 Å². The van der Waals surface area contributed by atoms with Gasteiger partial charge in [0.25, 0.3) is 10.0 Å². The Morgan fingerprint density at radius 2 is 1.79 bits per heavy atom. The van der Waals surface area contributed by atoms with Gasteiger partial charge in [0.2, 0.25) is 0 Å². The van der Waals surface area contributed by atoms with Gasteiger partial charge in [-0.1, -0.05) is 18.2 Å². The number of nitrogens with zero attached hydrogens (tertiary/aromatic N) is 1. The zero-order chi connectivity index (χ0) is 17.5. The zero-order valence-electron chi connectivity index (χ0n) is 14.2. The van der Waals surface area contributed by atoms with Crippen molar-refractivity contribution < 1.29 is 13.2 Å². The fourth-order valence-corrected chi connectivity index (χ4v) is 4.63. The molecule has 0 saturated carbocycles. The van der Waals surface area contributed by atoms with E-state index in [1.165, 1.54) is 11.2 Å². The largest absolute Gasteiger partial charge is 0.295 e. The van der Waals surface area contributed by atoms with Gasteiger partial charge in [-0.25, -0.2) is 8.42 Å². The van der Waals surface area contributed by atoms with E-state index in [2.05, 4.69) is 0 Å². The highest BCUT2D eigenvalue weighted by molar-refractivity contribution is 7.92. The maximum Gasteiger partial charge on any atom is 0.264 e. The number of rotatable bonds is 3. The fourth-order valence-electron chi connectivity index (χ4n) is 3.01. The first-order valence-electron chi connectivity index (χ1n) is 8.04. The maximum atomic E-state index is 13.1. The molecule has 0 atom stereocenters. The van der Waals surface area contributed by atoms with Crippen LogP contribution in [0.1, 0.15) is 40.4 Å². The quantitative estimate of drug-likeness (QED) is 0.800. The van der Waals surface area contributed by atoms with Gasteiger partial charge in [0, 0.05) is 12.1 Å². The van der Waals surface area contributed by atoms with Crippen molar-refractivity contribution in [3.05, 3.63) is 58.7 Å². The standard InChI is InChI=1S/C19H21NO3S/c1-13-6-9-18(11-14(13)2)24(22,23)20-10-4-5-16-7-8-17(15(3)21)12-19(16)20/h6-9,11-12H,4-5,10H2,1-3H3. The van der Waals surface area contributed by atoms with Gasteiger partial charge < -0.3 is 0 Å². The van der Waals surface area contributed by atoms with E-state index in [-0.39, 0.29) is 5.78 Å². The Kier molecular flexibility index (Phi) is 4.22. The van der Waals surface area contributed by atoms with Gasteiger partial charge in [-0.15, -0.1) is 0 Å². The number of carbonyl (C=O) groups excluding carboxylic acids is 1. The van der Waals surface area contributed by atoms with Crippen LogP contribution in [-0.2, 0) is 16.4 Å². The van der Waals surface area contributed by atoms with E-state index in [1.807, 2.05) is 26.0 Å². The van der Waals surface area contributed by atoms with Crippen LogP contribution in [0.4, 0.5) is 5.69 Å². The summed E-state index contributed by atoms with van der Waals surface area (Å²) < 4.78 is 27.7. The van der Waals surface area contributed by atoms with E-state index in [0.717, 1.165) is 29.5 Å². The van der Waals surface area contributed by atoms with Crippen molar-refractivity contribution in [2.24, 2.45) is 0 Å². The lowest BCUT2D eigenvalue weighted by molar-refractivity contribution is 0.101. The number of carbonyl (C=O) groups is 1. The molecule has 4 nitrogen and oxygen atoms in total. The van der Waals surface area contributed by atoms with Crippen LogP contribution in [0.2, 0.25) is 0 Å². The lowest BCUT2D eigenvalue weighted by Crippen LogP contribution is -2.35. The number of anilines is 1. The first-order chi connectivity index (χ1) is 11.3. The summed E-state index contributed by atoms with van der Waals surface area (Å²) in [5.74, 6) is -0.0631. The summed E-state index contributed by atoms with van der Waals surface area (Å²) in [5.41, 5.74) is 4.15. The van der Waals surface area contributed by atoms with Gasteiger partial charge in [0.1, 0.15) is 0 Å². The second-order valence-electron chi connectivity index (χ2n) is 6.33. The number of aryl methyl sites for hydroxylation is 3. The Labute approximate surface area is 143 Å². The van der Waals surface area contributed by atoms with E-state index in [1.54, 1.807) is 24.3 Å². The molecular weight excluding hydrogens is 322 g/mol. The van der Waals surface area contributed by atoms with Gasteiger partial charge in [0.15, 0.2) is 5.78 Å². The number of benzene rings is 2. The summed E-state index contributed by atoms with van der Waals surface area (Å²) in [6.07, 6.45) is 1.60. The van der Waals surface area contributed by atoms with Crippen LogP contribution in [0.3, 0.4) is 0 Å². The van der Waals surface area contributed by atoms with Crippen LogP contribution in [0.15, 0.2) is 41.3 Å². The van der Waals surface area contributed by atoms with E-state index >= 15 is 0 Å². The molecular formula is C19H21NO3S. The van der Waals surface area contributed by atoms with Crippen LogP contribution >= 0.6 is 0 Å². The lowest BCUT2D eigenvalue weighted by Gasteiger charge is -2.31. The molecule has 3 rings (SSSR count). The predicted molar refractivity (Wildman–Crippen MR) is 95.2 cm³/mol. The fraction of sp³-hybridized carbons (Fsp3) is 0.316. The molecule has 0 radical (unpaired) electrons. The van der Waals surface area contributed by atoms with Gasteiger partial charge >= 0.3 is 0 Å². The zero-order valence-corrected chi connectivity index (χ0v) is 15.0. The molecule has 0 unspecified atom stereocenters. The molecule has 24 heavy (non-hydrogen) atoms. The molecule has 0 spiro atoms. The number of hydrogen-bond donors (Lipinski definition) is 0. The van der Waals surface area contributed by atoms with E-state index in [9.17, 15) is 13.2 Å². The average Bonchev–Trinajstić information content (AvgIpc) is 2.56. The summed E-state index contributed by atoms with van der Waals surface area (Å²) >= 11 is 0. The smallest absolute Gasteiger partial charge is 0.264 e. The molecule has 126 valence electrons. The summed E-state index contributed by atoms with van der Waals surface area (Å²) in [6, 6.07) is 10.5. The van der Waals surface area contributed by atoms with E-state index < -0.39 is 10.0 Å². The summed E-state index contributed by atoms with van der Waals surface area (Å²) in [7, 11) is -3.64. The first kappa shape index (κ1) is 16.7. The molecule has 0 aliphatic carbocycles. The summed E-state index contributed by atoms with van der Waals surface area (Å²) in [6.45, 7) is 5.80. The Hall–Kier alpha value is -2.14. The highest BCUT2D eigenvalue weighted by Crippen LogP contribution is 2.33. The van der Waals surface area contributed by atoms with Gasteiger partial charge in [-0.3, -0.25) is 9.10 Å². The Morgan fingerprint density at radius 3 is 2.46 bits per heavy atom. The SMILES string of the molecule is CC(=O)c1ccc2c(c1)N(S(=O)(=O)c1ccc(C)c(C)c1)CCC2. The number of fused-ring (bicyclic) bond motifs is 1. The minimum Gasteiger partial charge on any atom is -0.295 e. The van der Waals surface area contributed by atoms with Gasteiger partial charge in [-0.2, -0.15) is 0 Å². The third kappa shape index (κ3) is 2.84. The molecule has 0 bridgehead atoms. The minimum absolute atomic E-state index is 0.0631. The number of hydrogen-bond acceptors (Lipinski definition) is 3. The van der Waals surface area contributed by atoms with Gasteiger partial charge in [-0.05, 0) is 68.5 Å². The normalized spacial score (nSPS) is 14.4. The maximum absolute atomic E-state index is 13.1. The van der Waals surface area contributed by atoms with Crippen molar-refractivity contribution in [2.75, 3.05) is 10.8 Å². The molecule has 0 saturated heterocycles. The third-order valence-electron chi connectivity index (χ3n) is 4.63. The Balaban J connectivity index is 2.12. The summed E-state index contributed by atoms with van der Waals surface area (Å²) in [5, 5.41) is 0. The monoisotopic (exact) mass is 343 g/mol. The number of Topliss-reactive ketones (excluding diaryl/α,β-unsaturated/α-hetero) is 1. The highest BCUT2D eigenvalue weighted by atomic mass is 32.2. The van der Waals surface area contributed by atoms with Crippen molar-refractivity contribution in [3.8, 4) is 0 Å². The average molecular weight is 343 g/mol. The molecule has 1 aliphatic heterocycles. The predicted octanol–water partition coefficient (Wildman–Crippen LogP) is 3.65. The van der Waals surface area contributed by atoms with E-state index in [0.29, 0.717) is 22.7 Å². The number of ketones is 1. The minimum atomic E-state index is -3.64. The number of sulfonamides is 1. The highest BCUT2D eigenvalue weighted by Gasteiger charge is 2.29. The van der Waals surface area contributed by atoms with Crippen molar-refractivity contribution in [1.82, 2.24) is 0 Å². The second kappa shape index (κ2) is 6.06. The van der Waals surface area contributed by atoms with Crippen LogP contribution in [0.5, 0.6) is 0 Å². The van der Waals surface area contributed by atoms with Crippen molar-refractivity contribution >= 4 is 21.5 Å². The molecule has 1 heterocycles. The Bertz CT molecular complexity index is 916. The van der Waals surface area contributed by atoms with Gasteiger partial charge in [0.05, 0.1) is 10.6 Å². The summed E-state index contributed by atoms with van der Waals surface area (Å²) in [4.78, 5) is 12.0. The van der Waals surface area contributed by atoms with Crippen LogP contribution in [0, 0.1) is 13.8 Å². The molecule has 0 amide bonds. The molecule has 0 fully saturated rings. The Morgan fingerprint density at radius 1 is 1.04 bits per heavy atom. The molecule has 0 aromatic heterocycles. The first-order valence-corrected chi connectivity index (χ1v) is 9.48. The molecule has 0 N–H and O–H groups in total. The third-order valence-corrected chi connectivity index (χ3v) is 6.44. The molecule has 2 aromatic rings. The molecule has 5 heteroatoms. The van der Waals surface area contributed by atoms with Crippen LogP contribution < -0.4 is 4.31 Å².